The van der Waals surface area contributed by atoms with Crippen LogP contribution in [0.2, 0.25) is 0 Å². The topological polar surface area (TPSA) is 62.7 Å². The summed E-state index contributed by atoms with van der Waals surface area (Å²) in [6, 6.07) is 2.03. The molecule has 1 unspecified atom stereocenters. The van der Waals surface area contributed by atoms with Gasteiger partial charge in [-0.05, 0) is 11.4 Å². The third kappa shape index (κ3) is 3.49. The summed E-state index contributed by atoms with van der Waals surface area (Å²) in [6.07, 6.45) is 0.0400. The minimum Gasteiger partial charge on any atom is -0.394 e. The second kappa shape index (κ2) is 6.65. The number of carbonyl (C=O) groups excluding carboxylic acids is 1. The molecule has 21 heavy (non-hydrogen) atoms. The molecule has 2 aromatic heterocycles. The largest absolute Gasteiger partial charge is 0.394 e. The summed E-state index contributed by atoms with van der Waals surface area (Å²) in [4.78, 5) is 18.5. The summed E-state index contributed by atoms with van der Waals surface area (Å²) in [5.74, 6) is 0.0407. The highest BCUT2D eigenvalue weighted by Gasteiger charge is 2.24. The van der Waals surface area contributed by atoms with Crippen molar-refractivity contribution in [1.82, 2.24) is 9.88 Å². The van der Waals surface area contributed by atoms with E-state index in [-0.39, 0.29) is 18.6 Å². The predicted molar refractivity (Wildman–Crippen MR) is 82.5 cm³/mol. The van der Waals surface area contributed by atoms with Crippen LogP contribution in [0.4, 0.5) is 0 Å². The Labute approximate surface area is 130 Å². The Morgan fingerprint density at radius 1 is 1.52 bits per heavy atom. The van der Waals surface area contributed by atoms with Crippen molar-refractivity contribution in [1.29, 1.82) is 0 Å². The van der Waals surface area contributed by atoms with Crippen LogP contribution in [0, 0.1) is 0 Å². The number of morpholine rings is 1. The van der Waals surface area contributed by atoms with E-state index >= 15 is 0 Å². The Bertz CT molecular complexity index is 597. The minimum atomic E-state index is -0.264. The van der Waals surface area contributed by atoms with Crippen molar-refractivity contribution in [2.75, 3.05) is 26.3 Å². The Morgan fingerprint density at radius 2 is 2.43 bits per heavy atom. The molecule has 1 atom stereocenters. The van der Waals surface area contributed by atoms with E-state index in [2.05, 4.69) is 10.4 Å². The van der Waals surface area contributed by atoms with Crippen molar-refractivity contribution in [3.8, 4) is 10.6 Å². The molecule has 0 aromatic carbocycles. The fourth-order valence-electron chi connectivity index (χ4n) is 2.23. The van der Waals surface area contributed by atoms with Gasteiger partial charge in [0.1, 0.15) is 5.01 Å². The summed E-state index contributed by atoms with van der Waals surface area (Å²) in [5, 5.41) is 16.1. The molecule has 1 saturated heterocycles. The zero-order valence-corrected chi connectivity index (χ0v) is 13.0. The van der Waals surface area contributed by atoms with Crippen molar-refractivity contribution in [3.05, 3.63) is 27.9 Å². The lowest BCUT2D eigenvalue weighted by atomic mass is 10.2. The molecule has 1 aliphatic rings. The first-order valence-electron chi connectivity index (χ1n) is 6.73. The molecule has 0 bridgehead atoms. The lowest BCUT2D eigenvalue weighted by molar-refractivity contribution is -0.139. The number of nitrogens with zero attached hydrogens (tertiary/aromatic N) is 2. The molecule has 0 spiro atoms. The van der Waals surface area contributed by atoms with Crippen molar-refractivity contribution in [2.45, 2.75) is 12.5 Å². The van der Waals surface area contributed by atoms with E-state index in [1.165, 1.54) is 0 Å². The molecule has 1 fully saturated rings. The first-order chi connectivity index (χ1) is 10.3. The fraction of sp³-hybridized carbons (Fsp3) is 0.429. The number of aliphatic hydroxyl groups excluding tert-OH is 1. The van der Waals surface area contributed by atoms with Gasteiger partial charge in [0.05, 0.1) is 31.4 Å². The average Bonchev–Trinajstić information content (AvgIpc) is 3.18. The van der Waals surface area contributed by atoms with Gasteiger partial charge in [0.15, 0.2) is 0 Å². The number of hydrogen-bond donors (Lipinski definition) is 1. The standard InChI is InChI=1S/C14H16N2O3S2/c17-7-12-6-16(2-3-19-12)13(18)5-11-9-21-14(15-11)10-1-4-20-8-10/h1,4,8-9,12,17H,2-3,5-7H2. The molecular weight excluding hydrogens is 308 g/mol. The number of rotatable bonds is 4. The highest BCUT2D eigenvalue weighted by atomic mass is 32.1. The fourth-order valence-corrected chi connectivity index (χ4v) is 3.76. The third-order valence-electron chi connectivity index (χ3n) is 3.35. The van der Waals surface area contributed by atoms with Crippen molar-refractivity contribution >= 4 is 28.6 Å². The maximum atomic E-state index is 12.3. The monoisotopic (exact) mass is 324 g/mol. The number of hydrogen-bond acceptors (Lipinski definition) is 6. The summed E-state index contributed by atoms with van der Waals surface area (Å²) >= 11 is 3.20. The maximum Gasteiger partial charge on any atom is 0.228 e. The van der Waals surface area contributed by atoms with Crippen LogP contribution in [-0.4, -0.2) is 53.3 Å². The Morgan fingerprint density at radius 3 is 3.19 bits per heavy atom. The molecule has 0 radical (unpaired) electrons. The van der Waals surface area contributed by atoms with Gasteiger partial charge in [-0.1, -0.05) is 0 Å². The molecule has 7 heteroatoms. The Balaban J connectivity index is 1.62. The number of carbonyl (C=O) groups is 1. The minimum absolute atomic E-state index is 0.0407. The third-order valence-corrected chi connectivity index (χ3v) is 4.97. The smallest absolute Gasteiger partial charge is 0.228 e. The predicted octanol–water partition coefficient (Wildman–Crippen LogP) is 1.63. The zero-order valence-electron chi connectivity index (χ0n) is 11.4. The van der Waals surface area contributed by atoms with Crippen LogP contribution < -0.4 is 0 Å². The summed E-state index contributed by atoms with van der Waals surface area (Å²) in [5.41, 5.74) is 1.91. The lowest BCUT2D eigenvalue weighted by Crippen LogP contribution is -2.47. The van der Waals surface area contributed by atoms with Crippen molar-refractivity contribution in [3.63, 3.8) is 0 Å². The lowest BCUT2D eigenvalue weighted by Gasteiger charge is -2.31. The normalized spacial score (nSPS) is 18.9. The first-order valence-corrected chi connectivity index (χ1v) is 8.55. The molecule has 0 aliphatic carbocycles. The number of ether oxygens (including phenoxy) is 1. The number of amides is 1. The molecule has 1 amide bonds. The van der Waals surface area contributed by atoms with Gasteiger partial charge < -0.3 is 14.7 Å². The van der Waals surface area contributed by atoms with Gasteiger partial charge in [-0.15, -0.1) is 11.3 Å². The quantitative estimate of drug-likeness (QED) is 0.928. The number of aliphatic hydroxyl groups is 1. The summed E-state index contributed by atoms with van der Waals surface area (Å²) in [6.45, 7) is 1.46. The van der Waals surface area contributed by atoms with E-state index in [9.17, 15) is 4.79 Å². The molecule has 3 rings (SSSR count). The van der Waals surface area contributed by atoms with E-state index in [1.54, 1.807) is 27.6 Å². The van der Waals surface area contributed by atoms with Crippen LogP contribution in [0.5, 0.6) is 0 Å². The number of thiophene rings is 1. The van der Waals surface area contributed by atoms with Gasteiger partial charge in [0.25, 0.3) is 0 Å². The van der Waals surface area contributed by atoms with Crippen molar-refractivity contribution in [2.24, 2.45) is 0 Å². The summed E-state index contributed by atoms with van der Waals surface area (Å²) < 4.78 is 5.35. The zero-order chi connectivity index (χ0) is 14.7. The second-order valence-electron chi connectivity index (χ2n) is 4.85. The van der Waals surface area contributed by atoms with Gasteiger partial charge >= 0.3 is 0 Å². The van der Waals surface area contributed by atoms with Gasteiger partial charge in [0, 0.05) is 29.4 Å². The molecule has 2 aromatic rings. The van der Waals surface area contributed by atoms with E-state index < -0.39 is 0 Å². The van der Waals surface area contributed by atoms with Crippen LogP contribution in [0.3, 0.4) is 0 Å². The Hall–Kier alpha value is -1.28. The van der Waals surface area contributed by atoms with Gasteiger partial charge in [0.2, 0.25) is 5.91 Å². The van der Waals surface area contributed by atoms with Crippen LogP contribution in [-0.2, 0) is 16.0 Å². The number of thiazole rings is 1. The number of aromatic nitrogens is 1. The van der Waals surface area contributed by atoms with Gasteiger partial charge in [-0.3, -0.25) is 4.79 Å². The highest BCUT2D eigenvalue weighted by Crippen LogP contribution is 2.26. The molecular formula is C14H16N2O3S2. The molecule has 1 N–H and O–H groups in total. The first kappa shape index (κ1) is 14.6. The van der Waals surface area contributed by atoms with E-state index in [1.807, 2.05) is 16.8 Å². The van der Waals surface area contributed by atoms with E-state index in [4.69, 9.17) is 9.84 Å². The SMILES string of the molecule is O=C(Cc1csc(-c2ccsc2)n1)N1CCOC(CO)C1. The Kier molecular flexibility index (Phi) is 4.64. The molecule has 1 aliphatic heterocycles. The van der Waals surface area contributed by atoms with Gasteiger partial charge in [-0.25, -0.2) is 4.98 Å². The maximum absolute atomic E-state index is 12.3. The van der Waals surface area contributed by atoms with E-state index in [0.29, 0.717) is 26.1 Å². The van der Waals surface area contributed by atoms with Gasteiger partial charge in [-0.2, -0.15) is 11.3 Å². The average molecular weight is 324 g/mol. The van der Waals surface area contributed by atoms with Crippen LogP contribution in [0.25, 0.3) is 10.6 Å². The van der Waals surface area contributed by atoms with E-state index in [0.717, 1.165) is 16.3 Å². The van der Waals surface area contributed by atoms with Crippen molar-refractivity contribution < 1.29 is 14.6 Å². The van der Waals surface area contributed by atoms with Crippen LogP contribution >= 0.6 is 22.7 Å². The molecule has 3 heterocycles. The van der Waals surface area contributed by atoms with Crippen LogP contribution in [0.1, 0.15) is 5.69 Å². The molecule has 112 valence electrons. The highest BCUT2D eigenvalue weighted by molar-refractivity contribution is 7.14. The van der Waals surface area contributed by atoms with Crippen LogP contribution in [0.15, 0.2) is 22.2 Å². The summed E-state index contributed by atoms with van der Waals surface area (Å²) in [7, 11) is 0. The molecule has 0 saturated carbocycles. The second-order valence-corrected chi connectivity index (χ2v) is 6.49. The molecule has 5 nitrogen and oxygen atoms in total.